The molecule has 120 valence electrons. The van der Waals surface area contributed by atoms with Gasteiger partial charge in [-0.1, -0.05) is 34.1 Å². The standard InChI is InChI=1S/C17H29NO2S/c1-5-9-15-13(6-2)12-16(21-15)17(20)18(10-11-19)14(7-3)8-4/h12,14,19H,5-11H2,1-4H3. The molecule has 1 aromatic rings. The molecule has 0 atom stereocenters. The average Bonchev–Trinajstić information content (AvgIpc) is 2.90. The Morgan fingerprint density at radius 1 is 1.29 bits per heavy atom. The van der Waals surface area contributed by atoms with Gasteiger partial charge in [0.2, 0.25) is 0 Å². The van der Waals surface area contributed by atoms with E-state index in [-0.39, 0.29) is 18.6 Å². The lowest BCUT2D eigenvalue weighted by molar-refractivity contribution is 0.0627. The Balaban J connectivity index is 3.02. The number of aryl methyl sites for hydroxylation is 2. The average molecular weight is 311 g/mol. The number of carbonyl (C=O) groups excluding carboxylic acids is 1. The highest BCUT2D eigenvalue weighted by Crippen LogP contribution is 2.27. The molecular formula is C17H29NO2S. The molecule has 1 amide bonds. The summed E-state index contributed by atoms with van der Waals surface area (Å²) in [4.78, 5) is 16.8. The van der Waals surface area contributed by atoms with Crippen LogP contribution in [0.2, 0.25) is 0 Å². The molecule has 0 aromatic carbocycles. The number of carbonyl (C=O) groups is 1. The van der Waals surface area contributed by atoms with Crippen molar-refractivity contribution < 1.29 is 9.90 Å². The van der Waals surface area contributed by atoms with Crippen molar-refractivity contribution in [1.29, 1.82) is 0 Å². The van der Waals surface area contributed by atoms with Gasteiger partial charge in [-0.05, 0) is 37.3 Å². The summed E-state index contributed by atoms with van der Waals surface area (Å²) in [5, 5.41) is 9.27. The number of rotatable bonds is 9. The lowest BCUT2D eigenvalue weighted by atomic mass is 10.1. The summed E-state index contributed by atoms with van der Waals surface area (Å²) in [5.74, 6) is 0.0832. The van der Waals surface area contributed by atoms with E-state index in [0.29, 0.717) is 6.54 Å². The Morgan fingerprint density at radius 3 is 2.43 bits per heavy atom. The molecule has 1 heterocycles. The van der Waals surface area contributed by atoms with Crippen LogP contribution in [-0.4, -0.2) is 35.1 Å². The van der Waals surface area contributed by atoms with Gasteiger partial charge in [-0.2, -0.15) is 0 Å². The molecule has 0 saturated carbocycles. The smallest absolute Gasteiger partial charge is 0.264 e. The molecule has 0 unspecified atom stereocenters. The van der Waals surface area contributed by atoms with Crippen molar-refractivity contribution in [3.05, 3.63) is 21.4 Å². The SMILES string of the molecule is CCCc1sc(C(=O)N(CCO)C(CC)CC)cc1CC. The number of thiophene rings is 1. The zero-order valence-corrected chi connectivity index (χ0v) is 14.6. The molecule has 0 saturated heterocycles. The number of aliphatic hydroxyl groups excluding tert-OH is 1. The van der Waals surface area contributed by atoms with Crippen LogP contribution in [0.25, 0.3) is 0 Å². The second-order valence-corrected chi connectivity index (χ2v) is 6.49. The zero-order valence-electron chi connectivity index (χ0n) is 13.8. The van der Waals surface area contributed by atoms with E-state index in [9.17, 15) is 9.90 Å². The van der Waals surface area contributed by atoms with E-state index in [1.165, 1.54) is 10.4 Å². The first kappa shape index (κ1) is 18.2. The molecule has 3 nitrogen and oxygen atoms in total. The summed E-state index contributed by atoms with van der Waals surface area (Å²) >= 11 is 1.64. The summed E-state index contributed by atoms with van der Waals surface area (Å²) < 4.78 is 0. The monoisotopic (exact) mass is 311 g/mol. The third-order valence-electron chi connectivity index (χ3n) is 3.95. The minimum Gasteiger partial charge on any atom is -0.395 e. The Bertz CT molecular complexity index is 438. The van der Waals surface area contributed by atoms with Crippen molar-refractivity contribution in [3.63, 3.8) is 0 Å². The number of hydrogen-bond acceptors (Lipinski definition) is 3. The summed E-state index contributed by atoms with van der Waals surface area (Å²) in [7, 11) is 0. The van der Waals surface area contributed by atoms with Gasteiger partial charge in [-0.15, -0.1) is 11.3 Å². The predicted molar refractivity (Wildman–Crippen MR) is 90.2 cm³/mol. The summed E-state index contributed by atoms with van der Waals surface area (Å²) in [6.45, 7) is 8.95. The Kier molecular flexibility index (Phi) is 7.97. The normalized spacial score (nSPS) is 11.1. The number of amides is 1. The van der Waals surface area contributed by atoms with Crippen LogP contribution in [0.15, 0.2) is 6.07 Å². The lowest BCUT2D eigenvalue weighted by Gasteiger charge is -2.29. The highest BCUT2D eigenvalue weighted by molar-refractivity contribution is 7.14. The number of aliphatic hydroxyl groups is 1. The van der Waals surface area contributed by atoms with E-state index >= 15 is 0 Å². The minimum atomic E-state index is 0.0239. The fourth-order valence-corrected chi connectivity index (χ4v) is 4.05. The second-order valence-electron chi connectivity index (χ2n) is 5.36. The van der Waals surface area contributed by atoms with Crippen molar-refractivity contribution in [2.45, 2.75) is 65.8 Å². The second kappa shape index (κ2) is 9.21. The first-order valence-corrected chi connectivity index (χ1v) is 8.97. The van der Waals surface area contributed by atoms with Gasteiger partial charge in [0.1, 0.15) is 0 Å². The fraction of sp³-hybridized carbons (Fsp3) is 0.706. The maximum Gasteiger partial charge on any atom is 0.264 e. The predicted octanol–water partition coefficient (Wildman–Crippen LogP) is 3.89. The topological polar surface area (TPSA) is 40.5 Å². The molecule has 0 aliphatic carbocycles. The Morgan fingerprint density at radius 2 is 1.95 bits per heavy atom. The molecule has 1 aromatic heterocycles. The van der Waals surface area contributed by atoms with Gasteiger partial charge in [0, 0.05) is 17.5 Å². The molecular weight excluding hydrogens is 282 g/mol. The number of nitrogens with zero attached hydrogens (tertiary/aromatic N) is 1. The van der Waals surface area contributed by atoms with Crippen molar-refractivity contribution in [1.82, 2.24) is 4.90 Å². The molecule has 1 rings (SSSR count). The van der Waals surface area contributed by atoms with Crippen LogP contribution in [0.5, 0.6) is 0 Å². The summed E-state index contributed by atoms with van der Waals surface area (Å²) in [6.07, 6.45) is 4.98. The van der Waals surface area contributed by atoms with E-state index in [1.807, 2.05) is 4.90 Å². The number of hydrogen-bond donors (Lipinski definition) is 1. The van der Waals surface area contributed by atoms with Gasteiger partial charge in [0.25, 0.3) is 5.91 Å². The van der Waals surface area contributed by atoms with Crippen LogP contribution < -0.4 is 0 Å². The van der Waals surface area contributed by atoms with Crippen LogP contribution in [0.4, 0.5) is 0 Å². The molecule has 0 radical (unpaired) electrons. The summed E-state index contributed by atoms with van der Waals surface area (Å²) in [5.41, 5.74) is 1.30. The third kappa shape index (κ3) is 4.55. The van der Waals surface area contributed by atoms with Crippen LogP contribution in [0, 0.1) is 0 Å². The highest BCUT2D eigenvalue weighted by atomic mass is 32.1. The van der Waals surface area contributed by atoms with Crippen molar-refractivity contribution in [2.24, 2.45) is 0 Å². The molecule has 4 heteroatoms. The van der Waals surface area contributed by atoms with E-state index in [4.69, 9.17) is 0 Å². The van der Waals surface area contributed by atoms with Crippen LogP contribution in [0.3, 0.4) is 0 Å². The maximum atomic E-state index is 12.8. The van der Waals surface area contributed by atoms with Gasteiger partial charge in [0.05, 0.1) is 11.5 Å². The molecule has 0 aliphatic heterocycles. The highest BCUT2D eigenvalue weighted by Gasteiger charge is 2.24. The van der Waals surface area contributed by atoms with Gasteiger partial charge in [-0.25, -0.2) is 0 Å². The van der Waals surface area contributed by atoms with E-state index in [0.717, 1.165) is 37.0 Å². The largest absolute Gasteiger partial charge is 0.395 e. The molecule has 0 bridgehead atoms. The molecule has 0 fully saturated rings. The first-order valence-electron chi connectivity index (χ1n) is 8.16. The Hall–Kier alpha value is -0.870. The first-order chi connectivity index (χ1) is 10.1. The fourth-order valence-electron chi connectivity index (χ4n) is 2.74. The van der Waals surface area contributed by atoms with E-state index in [1.54, 1.807) is 11.3 Å². The Labute approximate surface area is 133 Å². The van der Waals surface area contributed by atoms with Gasteiger partial charge < -0.3 is 10.0 Å². The van der Waals surface area contributed by atoms with Crippen molar-refractivity contribution in [3.8, 4) is 0 Å². The van der Waals surface area contributed by atoms with Crippen LogP contribution >= 0.6 is 11.3 Å². The van der Waals surface area contributed by atoms with Crippen molar-refractivity contribution in [2.75, 3.05) is 13.2 Å². The maximum absolute atomic E-state index is 12.8. The van der Waals surface area contributed by atoms with E-state index < -0.39 is 0 Å². The molecule has 1 N–H and O–H groups in total. The summed E-state index contributed by atoms with van der Waals surface area (Å²) in [6, 6.07) is 2.27. The lowest BCUT2D eigenvalue weighted by Crippen LogP contribution is -2.41. The van der Waals surface area contributed by atoms with Gasteiger partial charge >= 0.3 is 0 Å². The minimum absolute atomic E-state index is 0.0239. The quantitative estimate of drug-likeness (QED) is 0.751. The van der Waals surface area contributed by atoms with Gasteiger partial charge in [0.15, 0.2) is 0 Å². The van der Waals surface area contributed by atoms with Crippen LogP contribution in [0.1, 0.15) is 67.1 Å². The molecule has 21 heavy (non-hydrogen) atoms. The van der Waals surface area contributed by atoms with E-state index in [2.05, 4.69) is 33.8 Å². The third-order valence-corrected chi connectivity index (χ3v) is 5.18. The zero-order chi connectivity index (χ0) is 15.8. The van der Waals surface area contributed by atoms with Crippen molar-refractivity contribution >= 4 is 17.2 Å². The molecule has 0 aliphatic rings. The molecule has 0 spiro atoms. The van der Waals surface area contributed by atoms with Crippen LogP contribution in [-0.2, 0) is 12.8 Å². The van der Waals surface area contributed by atoms with Gasteiger partial charge in [-0.3, -0.25) is 4.79 Å².